The van der Waals surface area contributed by atoms with Crippen LogP contribution in [0, 0.1) is 0 Å². The molecule has 0 spiro atoms. The standard InChI is InChI=1S/C10H12N2O5/c1-17-9-6(3-2-4-11-9)8(14)12-7(5-13)10(15)16/h2-4,7,13H,5H2,1H3,(H,12,14)(H,15,16)/t7-/m0/s1. The van der Waals surface area contributed by atoms with Crippen LogP contribution in [0.5, 0.6) is 5.88 Å². The van der Waals surface area contributed by atoms with Gasteiger partial charge in [0, 0.05) is 6.20 Å². The summed E-state index contributed by atoms with van der Waals surface area (Å²) < 4.78 is 4.86. The summed E-state index contributed by atoms with van der Waals surface area (Å²) in [6.45, 7) is -0.691. The summed E-state index contributed by atoms with van der Waals surface area (Å²) in [4.78, 5) is 26.1. The van der Waals surface area contributed by atoms with Gasteiger partial charge in [-0.15, -0.1) is 0 Å². The van der Waals surface area contributed by atoms with Gasteiger partial charge in [-0.25, -0.2) is 9.78 Å². The first kappa shape index (κ1) is 12.9. The van der Waals surface area contributed by atoms with Gasteiger partial charge in [0.1, 0.15) is 5.56 Å². The molecule has 0 aliphatic carbocycles. The van der Waals surface area contributed by atoms with E-state index in [9.17, 15) is 9.59 Å². The molecule has 0 bridgehead atoms. The molecule has 0 unspecified atom stereocenters. The number of nitrogens with one attached hydrogen (secondary N) is 1. The number of nitrogens with zero attached hydrogens (tertiary/aromatic N) is 1. The highest BCUT2D eigenvalue weighted by Crippen LogP contribution is 2.13. The van der Waals surface area contributed by atoms with E-state index in [1.54, 1.807) is 0 Å². The highest BCUT2D eigenvalue weighted by molar-refractivity contribution is 5.98. The van der Waals surface area contributed by atoms with Crippen molar-refractivity contribution in [1.29, 1.82) is 0 Å². The first-order valence-electron chi connectivity index (χ1n) is 4.73. The van der Waals surface area contributed by atoms with Gasteiger partial charge in [0.15, 0.2) is 6.04 Å². The lowest BCUT2D eigenvalue weighted by molar-refractivity contribution is -0.140. The number of amides is 1. The predicted octanol–water partition coefficient (Wildman–Crippen LogP) is -0.735. The smallest absolute Gasteiger partial charge is 0.328 e. The van der Waals surface area contributed by atoms with E-state index in [0.29, 0.717) is 0 Å². The van der Waals surface area contributed by atoms with Crippen molar-refractivity contribution < 1.29 is 24.5 Å². The summed E-state index contributed by atoms with van der Waals surface area (Å²) in [5.41, 5.74) is 0.106. The maximum Gasteiger partial charge on any atom is 0.328 e. The summed E-state index contributed by atoms with van der Waals surface area (Å²) >= 11 is 0. The number of aliphatic hydroxyl groups excluding tert-OH is 1. The van der Waals surface area contributed by atoms with E-state index >= 15 is 0 Å². The number of aliphatic carboxylic acids is 1. The third-order valence-corrected chi connectivity index (χ3v) is 2.00. The third kappa shape index (κ3) is 3.15. The summed E-state index contributed by atoms with van der Waals surface area (Å²) in [6.07, 6.45) is 1.44. The fourth-order valence-electron chi connectivity index (χ4n) is 1.15. The monoisotopic (exact) mass is 240 g/mol. The molecule has 0 radical (unpaired) electrons. The zero-order chi connectivity index (χ0) is 12.8. The number of carbonyl (C=O) groups excluding carboxylic acids is 1. The van der Waals surface area contributed by atoms with Crippen LogP contribution in [0.1, 0.15) is 10.4 Å². The average Bonchev–Trinajstić information content (AvgIpc) is 2.35. The van der Waals surface area contributed by atoms with E-state index < -0.39 is 24.5 Å². The quantitative estimate of drug-likeness (QED) is 0.625. The van der Waals surface area contributed by atoms with Crippen molar-refractivity contribution in [2.45, 2.75) is 6.04 Å². The van der Waals surface area contributed by atoms with E-state index in [4.69, 9.17) is 14.9 Å². The van der Waals surface area contributed by atoms with E-state index in [2.05, 4.69) is 10.3 Å². The van der Waals surface area contributed by atoms with E-state index in [0.717, 1.165) is 0 Å². The van der Waals surface area contributed by atoms with Gasteiger partial charge < -0.3 is 20.3 Å². The molecule has 7 nitrogen and oxygen atoms in total. The van der Waals surface area contributed by atoms with Crippen LogP contribution in [0.3, 0.4) is 0 Å². The van der Waals surface area contributed by atoms with Crippen molar-refractivity contribution in [1.82, 2.24) is 10.3 Å². The second kappa shape index (κ2) is 5.80. The van der Waals surface area contributed by atoms with Crippen molar-refractivity contribution in [3.63, 3.8) is 0 Å². The summed E-state index contributed by atoms with van der Waals surface area (Å²) in [5, 5.41) is 19.6. The molecule has 0 fully saturated rings. The Kier molecular flexibility index (Phi) is 4.41. The molecular formula is C10H12N2O5. The number of methoxy groups -OCH3 is 1. The molecule has 1 amide bonds. The van der Waals surface area contributed by atoms with Gasteiger partial charge in [0.05, 0.1) is 13.7 Å². The molecule has 0 saturated carbocycles. The van der Waals surface area contributed by atoms with Crippen LogP contribution in [-0.2, 0) is 4.79 Å². The highest BCUT2D eigenvalue weighted by Gasteiger charge is 2.21. The molecule has 0 aliphatic rings. The SMILES string of the molecule is COc1ncccc1C(=O)N[C@@H](CO)C(=O)O. The van der Waals surface area contributed by atoms with Crippen molar-refractivity contribution in [3.8, 4) is 5.88 Å². The van der Waals surface area contributed by atoms with Crippen LogP contribution in [0.15, 0.2) is 18.3 Å². The minimum atomic E-state index is -1.35. The van der Waals surface area contributed by atoms with Crippen LogP contribution in [-0.4, -0.2) is 46.8 Å². The maximum atomic E-state index is 11.7. The second-order valence-electron chi connectivity index (χ2n) is 3.11. The molecule has 7 heteroatoms. The number of pyridine rings is 1. The number of aliphatic hydroxyl groups is 1. The number of hydrogen-bond acceptors (Lipinski definition) is 5. The fourth-order valence-corrected chi connectivity index (χ4v) is 1.15. The summed E-state index contributed by atoms with van der Waals surface area (Å²) in [7, 11) is 1.35. The topological polar surface area (TPSA) is 109 Å². The van der Waals surface area contributed by atoms with Gasteiger partial charge in [0.2, 0.25) is 5.88 Å². The second-order valence-corrected chi connectivity index (χ2v) is 3.11. The molecule has 0 aromatic carbocycles. The molecule has 1 aromatic rings. The Bertz CT molecular complexity index is 421. The van der Waals surface area contributed by atoms with Crippen LogP contribution >= 0.6 is 0 Å². The first-order valence-corrected chi connectivity index (χ1v) is 4.73. The van der Waals surface area contributed by atoms with Crippen molar-refractivity contribution in [3.05, 3.63) is 23.9 Å². The largest absolute Gasteiger partial charge is 0.480 e. The maximum absolute atomic E-state index is 11.7. The first-order chi connectivity index (χ1) is 8.10. The lowest BCUT2D eigenvalue weighted by Crippen LogP contribution is -2.43. The number of ether oxygens (including phenoxy) is 1. The van der Waals surface area contributed by atoms with Crippen LogP contribution in [0.4, 0.5) is 0 Å². The lowest BCUT2D eigenvalue weighted by Gasteiger charge is -2.12. The van der Waals surface area contributed by atoms with Gasteiger partial charge in [0.25, 0.3) is 5.91 Å². The predicted molar refractivity (Wildman–Crippen MR) is 56.8 cm³/mol. The van der Waals surface area contributed by atoms with Crippen molar-refractivity contribution >= 4 is 11.9 Å². The molecule has 0 aliphatic heterocycles. The molecule has 1 rings (SSSR count). The molecule has 1 aromatic heterocycles. The normalized spacial score (nSPS) is 11.6. The van der Waals surface area contributed by atoms with E-state index in [1.807, 2.05) is 0 Å². The number of rotatable bonds is 5. The molecule has 1 atom stereocenters. The Morgan fingerprint density at radius 3 is 2.82 bits per heavy atom. The fraction of sp³-hybridized carbons (Fsp3) is 0.300. The molecular weight excluding hydrogens is 228 g/mol. The molecule has 1 heterocycles. The van der Waals surface area contributed by atoms with E-state index in [1.165, 1.54) is 25.4 Å². The van der Waals surface area contributed by atoms with E-state index in [-0.39, 0.29) is 11.4 Å². The highest BCUT2D eigenvalue weighted by atomic mass is 16.5. The van der Waals surface area contributed by atoms with Gasteiger partial charge in [-0.1, -0.05) is 0 Å². The zero-order valence-electron chi connectivity index (χ0n) is 9.08. The number of carboxylic acid groups (broad SMARTS) is 1. The average molecular weight is 240 g/mol. The summed E-state index contributed by atoms with van der Waals surface area (Å²) in [5.74, 6) is -1.90. The van der Waals surface area contributed by atoms with Gasteiger partial charge in [-0.05, 0) is 12.1 Å². The van der Waals surface area contributed by atoms with Crippen molar-refractivity contribution in [2.75, 3.05) is 13.7 Å². The number of aromatic nitrogens is 1. The number of hydrogen-bond donors (Lipinski definition) is 3. The van der Waals surface area contributed by atoms with Crippen LogP contribution in [0.25, 0.3) is 0 Å². The van der Waals surface area contributed by atoms with Gasteiger partial charge in [-0.2, -0.15) is 0 Å². The van der Waals surface area contributed by atoms with Crippen LogP contribution in [0.2, 0.25) is 0 Å². The molecule has 0 saturated heterocycles. The Hall–Kier alpha value is -2.15. The van der Waals surface area contributed by atoms with Gasteiger partial charge >= 0.3 is 5.97 Å². The van der Waals surface area contributed by atoms with Crippen molar-refractivity contribution in [2.24, 2.45) is 0 Å². The van der Waals surface area contributed by atoms with Gasteiger partial charge in [-0.3, -0.25) is 4.79 Å². The minimum Gasteiger partial charge on any atom is -0.480 e. The Morgan fingerprint density at radius 1 is 1.59 bits per heavy atom. The number of carboxylic acids is 1. The zero-order valence-corrected chi connectivity index (χ0v) is 9.08. The Balaban J connectivity index is 2.86. The lowest BCUT2D eigenvalue weighted by atomic mass is 10.2. The molecule has 17 heavy (non-hydrogen) atoms. The summed E-state index contributed by atoms with van der Waals surface area (Å²) in [6, 6.07) is 1.61. The molecule has 3 N–H and O–H groups in total. The minimum absolute atomic E-state index is 0.0899. The number of carbonyl (C=O) groups is 2. The third-order valence-electron chi connectivity index (χ3n) is 2.00. The molecule has 92 valence electrons. The Labute approximate surface area is 97.1 Å². The Morgan fingerprint density at radius 2 is 2.29 bits per heavy atom. The van der Waals surface area contributed by atoms with Crippen LogP contribution < -0.4 is 10.1 Å².